The number of aryl methyl sites for hydroxylation is 2. The fourth-order valence-corrected chi connectivity index (χ4v) is 2.09. The standard InChI is InChI=1S/C15H17ClN2/c1-3-12-4-6-13(7-5-12)10-18-14-11(2)8-9-17-15(14)16/h4-9,18H,3,10H2,1-2H3. The summed E-state index contributed by atoms with van der Waals surface area (Å²) in [7, 11) is 0. The lowest BCUT2D eigenvalue weighted by Crippen LogP contribution is -2.02. The molecular formula is C15H17ClN2. The number of pyridine rings is 1. The van der Waals surface area contributed by atoms with Crippen LogP contribution < -0.4 is 5.32 Å². The molecule has 0 bridgehead atoms. The molecular weight excluding hydrogens is 244 g/mol. The molecule has 1 aromatic carbocycles. The maximum atomic E-state index is 6.07. The van der Waals surface area contributed by atoms with E-state index in [0.717, 1.165) is 24.2 Å². The molecule has 94 valence electrons. The Balaban J connectivity index is 2.06. The Bertz CT molecular complexity index is 500. The van der Waals surface area contributed by atoms with E-state index in [1.165, 1.54) is 11.1 Å². The molecule has 0 fully saturated rings. The van der Waals surface area contributed by atoms with Crippen molar-refractivity contribution in [3.63, 3.8) is 0 Å². The van der Waals surface area contributed by atoms with Gasteiger partial charge in [-0.3, -0.25) is 0 Å². The highest BCUT2D eigenvalue weighted by atomic mass is 35.5. The summed E-state index contributed by atoms with van der Waals surface area (Å²) in [6, 6.07) is 10.6. The molecule has 0 unspecified atom stereocenters. The van der Waals surface area contributed by atoms with E-state index >= 15 is 0 Å². The first-order chi connectivity index (χ1) is 8.70. The van der Waals surface area contributed by atoms with Crippen molar-refractivity contribution in [2.75, 3.05) is 5.32 Å². The minimum atomic E-state index is 0.528. The number of rotatable bonds is 4. The van der Waals surface area contributed by atoms with Crippen LogP contribution in [0.4, 0.5) is 5.69 Å². The number of benzene rings is 1. The van der Waals surface area contributed by atoms with Crippen molar-refractivity contribution in [1.29, 1.82) is 0 Å². The molecule has 1 aromatic heterocycles. The van der Waals surface area contributed by atoms with Crippen LogP contribution in [0.3, 0.4) is 0 Å². The fourth-order valence-electron chi connectivity index (χ4n) is 1.82. The highest BCUT2D eigenvalue weighted by Gasteiger charge is 2.04. The molecule has 2 rings (SSSR count). The van der Waals surface area contributed by atoms with E-state index in [1.54, 1.807) is 6.20 Å². The molecule has 0 saturated carbocycles. The Morgan fingerprint density at radius 2 is 1.78 bits per heavy atom. The van der Waals surface area contributed by atoms with E-state index in [-0.39, 0.29) is 0 Å². The quantitative estimate of drug-likeness (QED) is 0.833. The smallest absolute Gasteiger partial charge is 0.152 e. The maximum Gasteiger partial charge on any atom is 0.152 e. The highest BCUT2D eigenvalue weighted by Crippen LogP contribution is 2.23. The van der Waals surface area contributed by atoms with Gasteiger partial charge in [-0.15, -0.1) is 0 Å². The summed E-state index contributed by atoms with van der Waals surface area (Å²) in [4.78, 5) is 4.08. The predicted octanol–water partition coefficient (Wildman–Crippen LogP) is 4.22. The molecule has 0 aliphatic carbocycles. The van der Waals surface area contributed by atoms with E-state index in [1.807, 2.05) is 13.0 Å². The zero-order chi connectivity index (χ0) is 13.0. The lowest BCUT2D eigenvalue weighted by molar-refractivity contribution is 1.10. The lowest BCUT2D eigenvalue weighted by atomic mass is 10.1. The zero-order valence-corrected chi connectivity index (χ0v) is 11.5. The Kier molecular flexibility index (Phi) is 4.21. The third-order valence-electron chi connectivity index (χ3n) is 3.01. The minimum absolute atomic E-state index is 0.528. The number of aromatic nitrogens is 1. The van der Waals surface area contributed by atoms with Gasteiger partial charge in [-0.25, -0.2) is 4.98 Å². The lowest BCUT2D eigenvalue weighted by Gasteiger charge is -2.10. The molecule has 0 aliphatic rings. The van der Waals surface area contributed by atoms with E-state index in [2.05, 4.69) is 41.5 Å². The van der Waals surface area contributed by atoms with Gasteiger partial charge in [0.15, 0.2) is 5.15 Å². The largest absolute Gasteiger partial charge is 0.378 e. The van der Waals surface area contributed by atoms with Crippen molar-refractivity contribution < 1.29 is 0 Å². The second kappa shape index (κ2) is 5.87. The van der Waals surface area contributed by atoms with Crippen LogP contribution in [-0.2, 0) is 13.0 Å². The van der Waals surface area contributed by atoms with Gasteiger partial charge in [0.2, 0.25) is 0 Å². The van der Waals surface area contributed by atoms with Gasteiger partial charge < -0.3 is 5.32 Å². The van der Waals surface area contributed by atoms with E-state index in [4.69, 9.17) is 11.6 Å². The van der Waals surface area contributed by atoms with E-state index in [0.29, 0.717) is 5.15 Å². The number of halogens is 1. The van der Waals surface area contributed by atoms with Crippen LogP contribution in [0.5, 0.6) is 0 Å². The average Bonchev–Trinajstić information content (AvgIpc) is 2.39. The minimum Gasteiger partial charge on any atom is -0.378 e. The molecule has 0 aliphatic heterocycles. The molecule has 1 N–H and O–H groups in total. The number of hydrogen-bond acceptors (Lipinski definition) is 2. The Morgan fingerprint density at radius 3 is 2.39 bits per heavy atom. The summed E-state index contributed by atoms with van der Waals surface area (Å²) in [5.41, 5.74) is 4.62. The van der Waals surface area contributed by atoms with Crippen molar-refractivity contribution in [2.24, 2.45) is 0 Å². The number of nitrogens with zero attached hydrogens (tertiary/aromatic N) is 1. The number of hydrogen-bond donors (Lipinski definition) is 1. The maximum absolute atomic E-state index is 6.07. The van der Waals surface area contributed by atoms with Crippen molar-refractivity contribution in [2.45, 2.75) is 26.8 Å². The summed E-state index contributed by atoms with van der Waals surface area (Å²) < 4.78 is 0. The van der Waals surface area contributed by atoms with Crippen LogP contribution in [0.15, 0.2) is 36.5 Å². The Labute approximate surface area is 113 Å². The van der Waals surface area contributed by atoms with Crippen molar-refractivity contribution in [1.82, 2.24) is 4.98 Å². The first-order valence-corrected chi connectivity index (χ1v) is 6.51. The van der Waals surface area contributed by atoms with Crippen LogP contribution in [0.1, 0.15) is 23.6 Å². The van der Waals surface area contributed by atoms with Crippen LogP contribution in [-0.4, -0.2) is 4.98 Å². The summed E-state index contributed by atoms with van der Waals surface area (Å²) in [6.07, 6.45) is 2.79. The van der Waals surface area contributed by atoms with Crippen molar-refractivity contribution in [3.05, 3.63) is 58.4 Å². The van der Waals surface area contributed by atoms with E-state index in [9.17, 15) is 0 Å². The molecule has 0 atom stereocenters. The molecule has 0 radical (unpaired) electrons. The van der Waals surface area contributed by atoms with E-state index < -0.39 is 0 Å². The van der Waals surface area contributed by atoms with Gasteiger partial charge in [-0.05, 0) is 36.1 Å². The first-order valence-electron chi connectivity index (χ1n) is 6.13. The highest BCUT2D eigenvalue weighted by molar-refractivity contribution is 6.32. The summed E-state index contributed by atoms with van der Waals surface area (Å²) >= 11 is 6.07. The molecule has 2 nitrogen and oxygen atoms in total. The molecule has 18 heavy (non-hydrogen) atoms. The van der Waals surface area contributed by atoms with Gasteiger partial charge in [0, 0.05) is 12.7 Å². The second-order valence-electron chi connectivity index (χ2n) is 4.32. The second-order valence-corrected chi connectivity index (χ2v) is 4.68. The third-order valence-corrected chi connectivity index (χ3v) is 3.30. The molecule has 2 aromatic rings. The monoisotopic (exact) mass is 260 g/mol. The van der Waals surface area contributed by atoms with Crippen LogP contribution in [0, 0.1) is 6.92 Å². The van der Waals surface area contributed by atoms with Crippen LogP contribution in [0.25, 0.3) is 0 Å². The fraction of sp³-hybridized carbons (Fsp3) is 0.267. The normalized spacial score (nSPS) is 10.4. The van der Waals surface area contributed by atoms with Gasteiger partial charge in [0.05, 0.1) is 5.69 Å². The number of nitrogens with one attached hydrogen (secondary N) is 1. The molecule has 0 amide bonds. The number of anilines is 1. The van der Waals surface area contributed by atoms with Gasteiger partial charge in [0.25, 0.3) is 0 Å². The average molecular weight is 261 g/mol. The first kappa shape index (κ1) is 12.9. The van der Waals surface area contributed by atoms with Crippen LogP contribution >= 0.6 is 11.6 Å². The van der Waals surface area contributed by atoms with Crippen molar-refractivity contribution in [3.8, 4) is 0 Å². The molecule has 0 spiro atoms. The van der Waals surface area contributed by atoms with Crippen molar-refractivity contribution >= 4 is 17.3 Å². The summed E-state index contributed by atoms with van der Waals surface area (Å²) in [5.74, 6) is 0. The molecule has 0 saturated heterocycles. The third kappa shape index (κ3) is 3.02. The van der Waals surface area contributed by atoms with Crippen LogP contribution in [0.2, 0.25) is 5.15 Å². The SMILES string of the molecule is CCc1ccc(CNc2c(C)ccnc2Cl)cc1. The van der Waals surface area contributed by atoms with Gasteiger partial charge >= 0.3 is 0 Å². The topological polar surface area (TPSA) is 24.9 Å². The predicted molar refractivity (Wildman–Crippen MR) is 77.1 cm³/mol. The summed E-state index contributed by atoms with van der Waals surface area (Å²) in [6.45, 7) is 4.94. The Morgan fingerprint density at radius 1 is 1.11 bits per heavy atom. The van der Waals surface area contributed by atoms with Gasteiger partial charge in [-0.2, -0.15) is 0 Å². The summed E-state index contributed by atoms with van der Waals surface area (Å²) in [5, 5.41) is 3.87. The molecule has 3 heteroatoms. The Hall–Kier alpha value is -1.54. The molecule has 1 heterocycles. The van der Waals surface area contributed by atoms with Gasteiger partial charge in [-0.1, -0.05) is 42.8 Å². The van der Waals surface area contributed by atoms with Gasteiger partial charge in [0.1, 0.15) is 0 Å². The zero-order valence-electron chi connectivity index (χ0n) is 10.7.